The SMILES string of the molecule is CC/C(C)=C/[C@H]1CC1(CO)CO. The van der Waals surface area contributed by atoms with Crippen LogP contribution in [0.4, 0.5) is 0 Å². The summed E-state index contributed by atoms with van der Waals surface area (Å²) in [6, 6.07) is 0. The first-order chi connectivity index (χ1) is 5.68. The summed E-state index contributed by atoms with van der Waals surface area (Å²) < 4.78 is 0. The highest BCUT2D eigenvalue weighted by Crippen LogP contribution is 2.53. The van der Waals surface area contributed by atoms with E-state index < -0.39 is 0 Å². The van der Waals surface area contributed by atoms with Crippen molar-refractivity contribution < 1.29 is 10.2 Å². The monoisotopic (exact) mass is 170 g/mol. The van der Waals surface area contributed by atoms with E-state index in [1.807, 2.05) is 0 Å². The van der Waals surface area contributed by atoms with Crippen LogP contribution in [0.25, 0.3) is 0 Å². The van der Waals surface area contributed by atoms with Gasteiger partial charge in [0.15, 0.2) is 0 Å². The number of hydrogen-bond acceptors (Lipinski definition) is 2. The van der Waals surface area contributed by atoms with Crippen LogP contribution in [0.2, 0.25) is 0 Å². The smallest absolute Gasteiger partial charge is 0.0515 e. The largest absolute Gasteiger partial charge is 0.396 e. The molecule has 0 radical (unpaired) electrons. The number of aliphatic hydroxyl groups is 2. The zero-order valence-electron chi connectivity index (χ0n) is 7.88. The van der Waals surface area contributed by atoms with Gasteiger partial charge in [-0.05, 0) is 25.7 Å². The van der Waals surface area contributed by atoms with Gasteiger partial charge in [-0.15, -0.1) is 0 Å². The van der Waals surface area contributed by atoms with Crippen molar-refractivity contribution in [3.63, 3.8) is 0 Å². The van der Waals surface area contributed by atoms with Crippen LogP contribution >= 0.6 is 0 Å². The maximum absolute atomic E-state index is 9.02. The van der Waals surface area contributed by atoms with Crippen LogP contribution in [0, 0.1) is 11.3 Å². The summed E-state index contributed by atoms with van der Waals surface area (Å²) in [5.41, 5.74) is 1.17. The van der Waals surface area contributed by atoms with Crippen LogP contribution < -0.4 is 0 Å². The molecule has 1 saturated carbocycles. The molecule has 0 spiro atoms. The van der Waals surface area contributed by atoms with Gasteiger partial charge in [-0.3, -0.25) is 0 Å². The van der Waals surface area contributed by atoms with Crippen molar-refractivity contribution in [1.82, 2.24) is 0 Å². The van der Waals surface area contributed by atoms with Crippen molar-refractivity contribution in [3.8, 4) is 0 Å². The summed E-state index contributed by atoms with van der Waals surface area (Å²) >= 11 is 0. The average Bonchev–Trinajstić information content (AvgIpc) is 2.79. The van der Waals surface area contributed by atoms with Gasteiger partial charge in [0, 0.05) is 5.41 Å². The van der Waals surface area contributed by atoms with Gasteiger partial charge in [0.1, 0.15) is 0 Å². The van der Waals surface area contributed by atoms with Gasteiger partial charge < -0.3 is 10.2 Å². The molecule has 0 bridgehead atoms. The van der Waals surface area contributed by atoms with Crippen LogP contribution in [-0.2, 0) is 0 Å². The number of rotatable bonds is 4. The molecule has 70 valence electrons. The standard InChI is InChI=1S/C10H18O2/c1-3-8(2)4-9-5-10(9,6-11)7-12/h4,9,11-12H,3,5-7H2,1-2H3/b8-4+/t9-/m0/s1. The fraction of sp³-hybridized carbons (Fsp3) is 0.800. The van der Waals surface area contributed by atoms with Crippen LogP contribution in [0.3, 0.4) is 0 Å². The van der Waals surface area contributed by atoms with Gasteiger partial charge >= 0.3 is 0 Å². The third-order valence-corrected chi connectivity index (χ3v) is 2.93. The predicted octanol–water partition coefficient (Wildman–Crippen LogP) is 1.33. The Morgan fingerprint density at radius 2 is 2.08 bits per heavy atom. The third kappa shape index (κ3) is 1.70. The van der Waals surface area contributed by atoms with E-state index in [4.69, 9.17) is 10.2 Å². The van der Waals surface area contributed by atoms with Crippen LogP contribution in [0.1, 0.15) is 26.7 Å². The quantitative estimate of drug-likeness (QED) is 0.625. The van der Waals surface area contributed by atoms with Crippen LogP contribution in [-0.4, -0.2) is 23.4 Å². The summed E-state index contributed by atoms with van der Waals surface area (Å²) in [6.07, 6.45) is 4.19. The molecule has 0 aliphatic heterocycles. The molecular weight excluding hydrogens is 152 g/mol. The molecular formula is C10H18O2. The van der Waals surface area contributed by atoms with Crippen molar-refractivity contribution >= 4 is 0 Å². The molecule has 1 aliphatic carbocycles. The summed E-state index contributed by atoms with van der Waals surface area (Å²) in [5, 5.41) is 18.0. The lowest BCUT2D eigenvalue weighted by atomic mass is 10.0. The average molecular weight is 170 g/mol. The molecule has 1 fully saturated rings. The lowest BCUT2D eigenvalue weighted by Crippen LogP contribution is -2.14. The Kier molecular flexibility index (Phi) is 2.91. The molecule has 0 aromatic rings. The Morgan fingerprint density at radius 1 is 1.50 bits per heavy atom. The second-order valence-corrected chi connectivity index (χ2v) is 3.86. The first-order valence-corrected chi connectivity index (χ1v) is 4.57. The second kappa shape index (κ2) is 3.58. The van der Waals surface area contributed by atoms with Crippen molar-refractivity contribution in [2.24, 2.45) is 11.3 Å². The Balaban J connectivity index is 2.50. The minimum atomic E-state index is -0.184. The van der Waals surface area contributed by atoms with Crippen LogP contribution in [0.5, 0.6) is 0 Å². The van der Waals surface area contributed by atoms with E-state index in [0.29, 0.717) is 5.92 Å². The molecule has 2 heteroatoms. The van der Waals surface area contributed by atoms with Crippen molar-refractivity contribution in [2.75, 3.05) is 13.2 Å². The maximum atomic E-state index is 9.02. The molecule has 2 N–H and O–H groups in total. The number of allylic oxidation sites excluding steroid dienone is 2. The van der Waals surface area contributed by atoms with Crippen LogP contribution in [0.15, 0.2) is 11.6 Å². The topological polar surface area (TPSA) is 40.5 Å². The molecule has 0 aromatic carbocycles. The second-order valence-electron chi connectivity index (χ2n) is 3.86. The minimum Gasteiger partial charge on any atom is -0.396 e. The van der Waals surface area contributed by atoms with E-state index in [1.165, 1.54) is 5.57 Å². The molecule has 2 nitrogen and oxygen atoms in total. The molecule has 0 aromatic heterocycles. The molecule has 12 heavy (non-hydrogen) atoms. The summed E-state index contributed by atoms with van der Waals surface area (Å²) in [5.74, 6) is 0.410. The number of hydrogen-bond donors (Lipinski definition) is 2. The first-order valence-electron chi connectivity index (χ1n) is 4.57. The highest BCUT2D eigenvalue weighted by Gasteiger charge is 2.51. The van der Waals surface area contributed by atoms with E-state index in [1.54, 1.807) is 0 Å². The van der Waals surface area contributed by atoms with E-state index in [2.05, 4.69) is 19.9 Å². The minimum absolute atomic E-state index is 0.113. The first kappa shape index (κ1) is 9.75. The Labute approximate surface area is 73.9 Å². The number of aliphatic hydroxyl groups excluding tert-OH is 2. The molecule has 1 rings (SSSR count). The van der Waals surface area contributed by atoms with Crippen molar-refractivity contribution in [3.05, 3.63) is 11.6 Å². The fourth-order valence-electron chi connectivity index (χ4n) is 1.49. The van der Waals surface area contributed by atoms with Gasteiger partial charge in [0.25, 0.3) is 0 Å². The summed E-state index contributed by atoms with van der Waals surface area (Å²) in [6.45, 7) is 4.44. The molecule has 0 unspecified atom stereocenters. The molecule has 0 heterocycles. The molecule has 0 amide bonds. The molecule has 0 saturated heterocycles. The van der Waals surface area contributed by atoms with Crippen molar-refractivity contribution in [1.29, 1.82) is 0 Å². The van der Waals surface area contributed by atoms with E-state index in [9.17, 15) is 0 Å². The van der Waals surface area contributed by atoms with E-state index in [-0.39, 0.29) is 18.6 Å². The lowest BCUT2D eigenvalue weighted by molar-refractivity contribution is 0.126. The molecule has 1 aliphatic rings. The van der Waals surface area contributed by atoms with Gasteiger partial charge in [0.05, 0.1) is 13.2 Å². The van der Waals surface area contributed by atoms with E-state index >= 15 is 0 Å². The van der Waals surface area contributed by atoms with Gasteiger partial charge in [-0.1, -0.05) is 18.6 Å². The van der Waals surface area contributed by atoms with E-state index in [0.717, 1.165) is 12.8 Å². The molecule has 1 atom stereocenters. The predicted molar refractivity (Wildman–Crippen MR) is 48.8 cm³/mol. The fourth-order valence-corrected chi connectivity index (χ4v) is 1.49. The highest BCUT2D eigenvalue weighted by molar-refractivity contribution is 5.15. The highest BCUT2D eigenvalue weighted by atomic mass is 16.3. The Bertz CT molecular complexity index is 180. The third-order valence-electron chi connectivity index (χ3n) is 2.93. The van der Waals surface area contributed by atoms with Gasteiger partial charge in [0.2, 0.25) is 0 Å². The lowest BCUT2D eigenvalue weighted by Gasteiger charge is -2.07. The van der Waals surface area contributed by atoms with Crippen molar-refractivity contribution in [2.45, 2.75) is 26.7 Å². The maximum Gasteiger partial charge on any atom is 0.0515 e. The zero-order valence-corrected chi connectivity index (χ0v) is 7.88. The summed E-state index contributed by atoms with van der Waals surface area (Å²) in [4.78, 5) is 0. The normalized spacial score (nSPS) is 27.3. The Morgan fingerprint density at radius 3 is 2.42 bits per heavy atom. The van der Waals surface area contributed by atoms with Gasteiger partial charge in [-0.25, -0.2) is 0 Å². The Hall–Kier alpha value is -0.340. The summed E-state index contributed by atoms with van der Waals surface area (Å²) in [7, 11) is 0. The zero-order chi connectivity index (χ0) is 9.19. The van der Waals surface area contributed by atoms with Gasteiger partial charge in [-0.2, -0.15) is 0 Å².